The molecule has 0 bridgehead atoms. The molecule has 174 valence electrons. The van der Waals surface area contributed by atoms with E-state index in [9.17, 15) is 4.79 Å². The molecule has 0 aliphatic heterocycles. The monoisotopic (exact) mass is 454 g/mol. The minimum atomic E-state index is -0.485. The normalized spacial score (nSPS) is 12.4. The highest BCUT2D eigenvalue weighted by Crippen LogP contribution is 2.33. The highest BCUT2D eigenvalue weighted by molar-refractivity contribution is 8.76. The number of hydrogen-bond acceptors (Lipinski definition) is 8. The van der Waals surface area contributed by atoms with Crippen LogP contribution in [0.15, 0.2) is 0 Å². The van der Waals surface area contributed by atoms with Gasteiger partial charge in [0.2, 0.25) is 0 Å². The molecule has 0 saturated carbocycles. The van der Waals surface area contributed by atoms with Crippen LogP contribution in [0.5, 0.6) is 0 Å². The van der Waals surface area contributed by atoms with Crippen molar-refractivity contribution in [3.8, 4) is 0 Å². The molecule has 0 N–H and O–H groups in total. The molecule has 0 aliphatic carbocycles. The smallest absolute Gasteiger partial charge is 0.410 e. The van der Waals surface area contributed by atoms with E-state index in [1.807, 2.05) is 42.4 Å². The molecule has 0 radical (unpaired) electrons. The Morgan fingerprint density at radius 2 is 1.31 bits per heavy atom. The van der Waals surface area contributed by atoms with Crippen LogP contribution in [-0.4, -0.2) is 106 Å². The molecule has 29 heavy (non-hydrogen) atoms. The van der Waals surface area contributed by atoms with Crippen LogP contribution in [0.1, 0.15) is 34.6 Å². The van der Waals surface area contributed by atoms with Crippen LogP contribution in [0.2, 0.25) is 0 Å². The molecule has 7 nitrogen and oxygen atoms in total. The summed E-state index contributed by atoms with van der Waals surface area (Å²) in [6.07, 6.45) is 1.77. The highest BCUT2D eigenvalue weighted by Gasteiger charge is 2.20. The van der Waals surface area contributed by atoms with Crippen LogP contribution in [-0.2, 0) is 18.9 Å². The van der Waals surface area contributed by atoms with Crippen LogP contribution in [0.25, 0.3) is 0 Å². The van der Waals surface area contributed by atoms with Crippen molar-refractivity contribution < 1.29 is 23.7 Å². The summed E-state index contributed by atoms with van der Waals surface area (Å²) >= 11 is 0. The molecule has 0 spiro atoms. The SMILES string of the molecule is CSSC(C)(C)CN(C)CCOCCOCCOCCN(C)C(=O)OC(C)(C)C. The maximum absolute atomic E-state index is 11.8. The van der Waals surface area contributed by atoms with Crippen molar-refractivity contribution in [2.24, 2.45) is 0 Å². The van der Waals surface area contributed by atoms with E-state index in [2.05, 4.69) is 32.1 Å². The van der Waals surface area contributed by atoms with E-state index >= 15 is 0 Å². The first-order valence-corrected chi connectivity index (χ1v) is 12.6. The molecule has 0 heterocycles. The maximum atomic E-state index is 11.8. The third kappa shape index (κ3) is 18.3. The molecule has 0 saturated heterocycles. The predicted molar refractivity (Wildman–Crippen MR) is 124 cm³/mol. The van der Waals surface area contributed by atoms with Crippen molar-refractivity contribution in [3.05, 3.63) is 0 Å². The molecule has 0 rings (SSSR count). The Hall–Kier alpha value is -0.190. The molecule has 0 aliphatic rings. The lowest BCUT2D eigenvalue weighted by molar-refractivity contribution is 0.00306. The van der Waals surface area contributed by atoms with E-state index in [4.69, 9.17) is 18.9 Å². The molecule has 0 aromatic carbocycles. The lowest BCUT2D eigenvalue weighted by atomic mass is 10.2. The molecule has 0 fully saturated rings. The Kier molecular flexibility index (Phi) is 15.5. The quantitative estimate of drug-likeness (QED) is 0.259. The lowest BCUT2D eigenvalue weighted by Crippen LogP contribution is -2.36. The second-order valence-electron chi connectivity index (χ2n) is 8.49. The zero-order chi connectivity index (χ0) is 22.3. The number of carbonyl (C=O) groups is 1. The van der Waals surface area contributed by atoms with E-state index in [-0.39, 0.29) is 10.8 Å². The number of rotatable bonds is 16. The van der Waals surface area contributed by atoms with Crippen LogP contribution < -0.4 is 0 Å². The maximum Gasteiger partial charge on any atom is 0.410 e. The minimum absolute atomic E-state index is 0.235. The van der Waals surface area contributed by atoms with Crippen LogP contribution in [0, 0.1) is 0 Å². The molecule has 0 aromatic rings. The number of amides is 1. The van der Waals surface area contributed by atoms with Gasteiger partial charge in [-0.1, -0.05) is 21.6 Å². The molecular weight excluding hydrogens is 412 g/mol. The van der Waals surface area contributed by atoms with Gasteiger partial charge in [-0.15, -0.1) is 0 Å². The average molecular weight is 455 g/mol. The zero-order valence-electron chi connectivity index (χ0n) is 19.6. The predicted octanol–water partition coefficient (Wildman–Crippen LogP) is 3.62. The van der Waals surface area contributed by atoms with Crippen molar-refractivity contribution in [1.29, 1.82) is 0 Å². The lowest BCUT2D eigenvalue weighted by Gasteiger charge is -2.28. The highest BCUT2D eigenvalue weighted by atomic mass is 33.1. The summed E-state index contributed by atoms with van der Waals surface area (Å²) in [5.41, 5.74) is -0.485. The second kappa shape index (κ2) is 15.6. The summed E-state index contributed by atoms with van der Waals surface area (Å²) in [4.78, 5) is 15.6. The van der Waals surface area contributed by atoms with Crippen LogP contribution in [0.3, 0.4) is 0 Å². The van der Waals surface area contributed by atoms with Crippen LogP contribution >= 0.6 is 21.6 Å². The van der Waals surface area contributed by atoms with E-state index in [0.29, 0.717) is 46.2 Å². The van der Waals surface area contributed by atoms with E-state index < -0.39 is 5.60 Å². The number of likely N-dealkylation sites (N-methyl/N-ethyl adjacent to an activating group) is 2. The van der Waals surface area contributed by atoms with Gasteiger partial charge in [-0.3, -0.25) is 0 Å². The molecule has 0 aromatic heterocycles. The Morgan fingerprint density at radius 1 is 0.828 bits per heavy atom. The standard InChI is InChI=1S/C20H42N2O5S2/c1-19(2,3)27-18(23)22(7)10-12-25-14-16-26-15-13-24-11-9-21(6)17-20(4,5)29-28-8/h9-17H2,1-8H3. The molecule has 0 unspecified atom stereocenters. The third-order valence-corrected chi connectivity index (χ3v) is 6.20. The molecular formula is C20H42N2O5S2. The van der Waals surface area contributed by atoms with Gasteiger partial charge in [0.05, 0.1) is 39.6 Å². The Bertz CT molecular complexity index is 434. The average Bonchev–Trinajstić information content (AvgIpc) is 2.57. The van der Waals surface area contributed by atoms with E-state index in [0.717, 1.165) is 13.1 Å². The second-order valence-corrected chi connectivity index (χ2v) is 11.6. The van der Waals surface area contributed by atoms with Gasteiger partial charge in [0.1, 0.15) is 5.60 Å². The summed E-state index contributed by atoms with van der Waals surface area (Å²) in [5, 5.41) is 0. The van der Waals surface area contributed by atoms with Gasteiger partial charge in [-0.2, -0.15) is 0 Å². The molecule has 9 heteroatoms. The van der Waals surface area contributed by atoms with Crippen molar-refractivity contribution in [1.82, 2.24) is 9.80 Å². The van der Waals surface area contributed by atoms with Crippen molar-refractivity contribution >= 4 is 27.7 Å². The van der Waals surface area contributed by atoms with E-state index in [1.54, 1.807) is 7.05 Å². The first kappa shape index (κ1) is 28.8. The van der Waals surface area contributed by atoms with Gasteiger partial charge in [-0.05, 0) is 47.9 Å². The van der Waals surface area contributed by atoms with Gasteiger partial charge >= 0.3 is 6.09 Å². The summed E-state index contributed by atoms with van der Waals surface area (Å²) in [5.74, 6) is 0. The number of carbonyl (C=O) groups excluding carboxylic acids is 1. The summed E-state index contributed by atoms with van der Waals surface area (Å²) in [6.45, 7) is 15.8. The first-order chi connectivity index (χ1) is 13.5. The fraction of sp³-hybridized carbons (Fsp3) is 0.950. The Balaban J connectivity index is 3.51. The van der Waals surface area contributed by atoms with Crippen molar-refractivity contribution in [2.45, 2.75) is 45.0 Å². The molecule has 0 atom stereocenters. The topological polar surface area (TPSA) is 60.5 Å². The Morgan fingerprint density at radius 3 is 1.79 bits per heavy atom. The summed E-state index contributed by atoms with van der Waals surface area (Å²) in [6, 6.07) is 0. The number of nitrogens with zero attached hydrogens (tertiary/aromatic N) is 2. The minimum Gasteiger partial charge on any atom is -0.444 e. The fourth-order valence-electron chi connectivity index (χ4n) is 2.38. The van der Waals surface area contributed by atoms with Gasteiger partial charge < -0.3 is 28.7 Å². The largest absolute Gasteiger partial charge is 0.444 e. The fourth-order valence-corrected chi connectivity index (χ4v) is 4.61. The van der Waals surface area contributed by atoms with Crippen molar-refractivity contribution in [2.75, 3.05) is 79.6 Å². The van der Waals surface area contributed by atoms with Gasteiger partial charge in [-0.25, -0.2) is 4.79 Å². The summed E-state index contributed by atoms with van der Waals surface area (Å²) < 4.78 is 22.1. The van der Waals surface area contributed by atoms with E-state index in [1.165, 1.54) is 4.90 Å². The zero-order valence-corrected chi connectivity index (χ0v) is 21.2. The third-order valence-electron chi connectivity index (χ3n) is 3.60. The van der Waals surface area contributed by atoms with Crippen molar-refractivity contribution in [3.63, 3.8) is 0 Å². The first-order valence-electron chi connectivity index (χ1n) is 10.0. The van der Waals surface area contributed by atoms with Gasteiger partial charge in [0.15, 0.2) is 0 Å². The van der Waals surface area contributed by atoms with Crippen LogP contribution in [0.4, 0.5) is 4.79 Å². The Labute approximate surface area is 185 Å². The van der Waals surface area contributed by atoms with Gasteiger partial charge in [0, 0.05) is 31.4 Å². The molecule has 1 amide bonds. The summed E-state index contributed by atoms with van der Waals surface area (Å²) in [7, 11) is 7.53. The number of ether oxygens (including phenoxy) is 4. The number of hydrogen-bond donors (Lipinski definition) is 0. The van der Waals surface area contributed by atoms with Gasteiger partial charge in [0.25, 0.3) is 0 Å².